The quantitative estimate of drug-likeness (QED) is 0.833. The van der Waals surface area contributed by atoms with Crippen LogP contribution in [0.4, 0.5) is 0 Å². The minimum atomic E-state index is 0.584. The molecule has 4 unspecified atom stereocenters. The first kappa shape index (κ1) is 14.3. The molecule has 1 heterocycles. The molecule has 0 spiro atoms. The zero-order valence-electron chi connectivity index (χ0n) is 12.3. The first-order valence-corrected chi connectivity index (χ1v) is 7.83. The Morgan fingerprint density at radius 1 is 1.28 bits per heavy atom. The molecule has 0 aromatic rings. The summed E-state index contributed by atoms with van der Waals surface area (Å²) in [5.74, 6) is 0.931. The van der Waals surface area contributed by atoms with Crippen molar-refractivity contribution in [2.75, 3.05) is 26.3 Å². The fourth-order valence-electron chi connectivity index (χ4n) is 3.70. The van der Waals surface area contributed by atoms with E-state index in [2.05, 4.69) is 31.0 Å². The van der Waals surface area contributed by atoms with Gasteiger partial charge in [-0.15, -0.1) is 0 Å². The lowest BCUT2D eigenvalue weighted by Gasteiger charge is -2.47. The van der Waals surface area contributed by atoms with E-state index in [0.717, 1.165) is 38.3 Å². The smallest absolute Gasteiger partial charge is 0.0619 e. The molecule has 0 radical (unpaired) electrons. The summed E-state index contributed by atoms with van der Waals surface area (Å²) in [6.07, 6.45) is 5.47. The van der Waals surface area contributed by atoms with Gasteiger partial charge in [0.1, 0.15) is 0 Å². The lowest BCUT2D eigenvalue weighted by atomic mass is 9.79. The molecule has 1 saturated carbocycles. The van der Waals surface area contributed by atoms with E-state index in [1.165, 1.54) is 25.7 Å². The first-order chi connectivity index (χ1) is 8.76. The number of nitrogens with one attached hydrogen (secondary N) is 1. The predicted molar refractivity (Wildman–Crippen MR) is 75.9 cm³/mol. The molecule has 0 amide bonds. The molecule has 0 aromatic carbocycles. The molecule has 106 valence electrons. The van der Waals surface area contributed by atoms with Crippen molar-refractivity contribution in [3.05, 3.63) is 0 Å². The average Bonchev–Trinajstić information content (AvgIpc) is 2.40. The molecular weight excluding hydrogens is 224 g/mol. The second-order valence-electron chi connectivity index (χ2n) is 5.98. The number of likely N-dealkylation sites (N-methyl/N-ethyl adjacent to an activating group) is 1. The normalized spacial score (nSPS) is 38.8. The monoisotopic (exact) mass is 254 g/mol. The SMILES string of the molecule is CCNC1CCC(CC)CC1N1CCOCC1C. The highest BCUT2D eigenvalue weighted by atomic mass is 16.5. The fraction of sp³-hybridized carbons (Fsp3) is 1.00. The van der Waals surface area contributed by atoms with Crippen molar-refractivity contribution in [1.29, 1.82) is 0 Å². The zero-order valence-corrected chi connectivity index (χ0v) is 12.3. The van der Waals surface area contributed by atoms with E-state index < -0.39 is 0 Å². The van der Waals surface area contributed by atoms with Crippen molar-refractivity contribution in [1.82, 2.24) is 10.2 Å². The topological polar surface area (TPSA) is 24.5 Å². The Hall–Kier alpha value is -0.120. The predicted octanol–water partition coefficient (Wildman–Crippen LogP) is 2.26. The molecular formula is C15H30N2O. The third-order valence-corrected chi connectivity index (χ3v) is 4.81. The molecule has 2 aliphatic rings. The Labute approximate surface area is 112 Å². The van der Waals surface area contributed by atoms with Gasteiger partial charge in [-0.1, -0.05) is 20.3 Å². The summed E-state index contributed by atoms with van der Waals surface area (Å²) in [7, 11) is 0. The van der Waals surface area contributed by atoms with Crippen LogP contribution in [0.15, 0.2) is 0 Å². The molecule has 1 saturated heterocycles. The Bertz CT molecular complexity index is 247. The number of nitrogens with zero attached hydrogens (tertiary/aromatic N) is 1. The van der Waals surface area contributed by atoms with Crippen LogP contribution in [0.3, 0.4) is 0 Å². The number of hydrogen-bond donors (Lipinski definition) is 1. The molecule has 0 aromatic heterocycles. The molecule has 18 heavy (non-hydrogen) atoms. The van der Waals surface area contributed by atoms with Gasteiger partial charge in [0.25, 0.3) is 0 Å². The standard InChI is InChI=1S/C15H30N2O/c1-4-13-6-7-14(16-5-2)15(10-13)17-8-9-18-11-12(17)3/h12-16H,4-11H2,1-3H3. The van der Waals surface area contributed by atoms with Crippen molar-refractivity contribution in [2.45, 2.75) is 64.6 Å². The van der Waals surface area contributed by atoms with Gasteiger partial charge in [0.15, 0.2) is 0 Å². The Morgan fingerprint density at radius 2 is 2.11 bits per heavy atom. The number of morpholine rings is 1. The second kappa shape index (κ2) is 6.88. The molecule has 4 atom stereocenters. The van der Waals surface area contributed by atoms with Crippen LogP contribution < -0.4 is 5.32 Å². The third kappa shape index (κ3) is 3.25. The lowest BCUT2D eigenvalue weighted by molar-refractivity contribution is -0.0423. The van der Waals surface area contributed by atoms with E-state index in [1.807, 2.05) is 0 Å². The van der Waals surface area contributed by atoms with Gasteiger partial charge in [0, 0.05) is 24.7 Å². The molecule has 1 aliphatic heterocycles. The lowest BCUT2D eigenvalue weighted by Crippen LogP contribution is -2.58. The van der Waals surface area contributed by atoms with Gasteiger partial charge in [0.2, 0.25) is 0 Å². The molecule has 2 rings (SSSR count). The maximum Gasteiger partial charge on any atom is 0.0619 e. The van der Waals surface area contributed by atoms with Crippen molar-refractivity contribution < 1.29 is 4.74 Å². The Balaban J connectivity index is 2.02. The summed E-state index contributed by atoms with van der Waals surface area (Å²) in [5, 5.41) is 3.71. The first-order valence-electron chi connectivity index (χ1n) is 7.83. The molecule has 3 nitrogen and oxygen atoms in total. The molecule has 2 fully saturated rings. The van der Waals surface area contributed by atoms with Gasteiger partial charge in [-0.25, -0.2) is 0 Å². The highest BCUT2D eigenvalue weighted by Crippen LogP contribution is 2.31. The second-order valence-corrected chi connectivity index (χ2v) is 5.98. The highest BCUT2D eigenvalue weighted by Gasteiger charge is 2.36. The largest absolute Gasteiger partial charge is 0.379 e. The number of rotatable bonds is 4. The van der Waals surface area contributed by atoms with Crippen LogP contribution in [-0.4, -0.2) is 49.3 Å². The van der Waals surface area contributed by atoms with Gasteiger partial charge >= 0.3 is 0 Å². The third-order valence-electron chi connectivity index (χ3n) is 4.81. The fourth-order valence-corrected chi connectivity index (χ4v) is 3.70. The molecule has 1 aliphatic carbocycles. The van der Waals surface area contributed by atoms with Crippen LogP contribution in [-0.2, 0) is 4.74 Å². The summed E-state index contributed by atoms with van der Waals surface area (Å²) in [6.45, 7) is 10.9. The molecule has 1 N–H and O–H groups in total. The van der Waals surface area contributed by atoms with Crippen LogP contribution in [0, 0.1) is 5.92 Å². The van der Waals surface area contributed by atoms with E-state index >= 15 is 0 Å². The van der Waals surface area contributed by atoms with Gasteiger partial charge in [-0.05, 0) is 38.6 Å². The van der Waals surface area contributed by atoms with Gasteiger partial charge in [-0.2, -0.15) is 0 Å². The number of ether oxygens (including phenoxy) is 1. The summed E-state index contributed by atoms with van der Waals surface area (Å²) >= 11 is 0. The maximum atomic E-state index is 5.59. The van der Waals surface area contributed by atoms with Gasteiger partial charge < -0.3 is 10.1 Å². The van der Waals surface area contributed by atoms with Crippen molar-refractivity contribution in [2.24, 2.45) is 5.92 Å². The van der Waals surface area contributed by atoms with E-state index in [1.54, 1.807) is 0 Å². The van der Waals surface area contributed by atoms with Crippen LogP contribution in [0.2, 0.25) is 0 Å². The van der Waals surface area contributed by atoms with Crippen molar-refractivity contribution in [3.8, 4) is 0 Å². The summed E-state index contributed by atoms with van der Waals surface area (Å²) in [5.41, 5.74) is 0. The van der Waals surface area contributed by atoms with E-state index in [0.29, 0.717) is 12.1 Å². The summed E-state index contributed by atoms with van der Waals surface area (Å²) in [6, 6.07) is 2.00. The van der Waals surface area contributed by atoms with E-state index in [-0.39, 0.29) is 0 Å². The van der Waals surface area contributed by atoms with Crippen LogP contribution >= 0.6 is 0 Å². The van der Waals surface area contributed by atoms with Gasteiger partial charge in [-0.3, -0.25) is 4.90 Å². The Kier molecular flexibility index (Phi) is 5.46. The Morgan fingerprint density at radius 3 is 2.78 bits per heavy atom. The van der Waals surface area contributed by atoms with Gasteiger partial charge in [0.05, 0.1) is 13.2 Å². The van der Waals surface area contributed by atoms with Crippen molar-refractivity contribution >= 4 is 0 Å². The van der Waals surface area contributed by atoms with Crippen LogP contribution in [0.5, 0.6) is 0 Å². The maximum absolute atomic E-state index is 5.59. The summed E-state index contributed by atoms with van der Waals surface area (Å²) in [4.78, 5) is 2.71. The van der Waals surface area contributed by atoms with Crippen LogP contribution in [0.1, 0.15) is 46.5 Å². The zero-order chi connectivity index (χ0) is 13.0. The minimum absolute atomic E-state index is 0.584. The number of hydrogen-bond acceptors (Lipinski definition) is 3. The minimum Gasteiger partial charge on any atom is -0.379 e. The van der Waals surface area contributed by atoms with E-state index in [4.69, 9.17) is 4.74 Å². The van der Waals surface area contributed by atoms with E-state index in [9.17, 15) is 0 Å². The summed E-state index contributed by atoms with van der Waals surface area (Å²) < 4.78 is 5.59. The molecule has 0 bridgehead atoms. The highest BCUT2D eigenvalue weighted by molar-refractivity contribution is 4.93. The van der Waals surface area contributed by atoms with Crippen LogP contribution in [0.25, 0.3) is 0 Å². The average molecular weight is 254 g/mol. The van der Waals surface area contributed by atoms with Crippen molar-refractivity contribution in [3.63, 3.8) is 0 Å². The molecule has 3 heteroatoms.